The molecule has 2 aliphatic rings. The van der Waals surface area contributed by atoms with Crippen molar-refractivity contribution < 1.29 is 9.50 Å². The average Bonchev–Trinajstić information content (AvgIpc) is 3.06. The summed E-state index contributed by atoms with van der Waals surface area (Å²) in [6, 6.07) is 2.68. The Labute approximate surface area is 116 Å². The van der Waals surface area contributed by atoms with Crippen molar-refractivity contribution in [1.82, 2.24) is 10.2 Å². The lowest BCUT2D eigenvalue weighted by Crippen LogP contribution is -2.25. The molecule has 20 heavy (non-hydrogen) atoms. The van der Waals surface area contributed by atoms with E-state index in [-0.39, 0.29) is 17.1 Å². The molecule has 1 fully saturated rings. The number of hydrogen-bond donors (Lipinski definition) is 3. The second-order valence-electron chi connectivity index (χ2n) is 5.70. The third-order valence-electron chi connectivity index (χ3n) is 4.30. The van der Waals surface area contributed by atoms with Crippen molar-refractivity contribution in [2.24, 2.45) is 0 Å². The van der Waals surface area contributed by atoms with Crippen molar-refractivity contribution in [2.45, 2.75) is 38.1 Å². The number of halogens is 1. The molecule has 0 amide bonds. The van der Waals surface area contributed by atoms with Crippen molar-refractivity contribution >= 4 is 5.69 Å². The van der Waals surface area contributed by atoms with Crippen molar-refractivity contribution in [3.63, 3.8) is 0 Å². The lowest BCUT2D eigenvalue weighted by molar-refractivity contribution is 0.474. The fourth-order valence-corrected chi connectivity index (χ4v) is 3.24. The summed E-state index contributed by atoms with van der Waals surface area (Å²) in [7, 11) is 0. The molecule has 4 nitrogen and oxygen atoms in total. The van der Waals surface area contributed by atoms with Crippen LogP contribution in [-0.2, 0) is 12.0 Å². The van der Waals surface area contributed by atoms with Gasteiger partial charge in [-0.1, -0.05) is 13.3 Å². The maximum Gasteiger partial charge on any atom is 0.147 e. The number of benzene rings is 1. The summed E-state index contributed by atoms with van der Waals surface area (Å²) in [5, 5.41) is 20.8. The van der Waals surface area contributed by atoms with Gasteiger partial charge in [0.25, 0.3) is 0 Å². The number of nitrogens with one attached hydrogen (secondary N) is 2. The van der Waals surface area contributed by atoms with Gasteiger partial charge in [-0.15, -0.1) is 0 Å². The Kier molecular flexibility index (Phi) is 2.20. The van der Waals surface area contributed by atoms with Crippen LogP contribution in [0.4, 0.5) is 10.1 Å². The predicted octanol–water partition coefficient (Wildman–Crippen LogP) is 3.29. The molecule has 1 aromatic heterocycles. The minimum Gasteiger partial charge on any atom is -0.507 e. The van der Waals surface area contributed by atoms with Gasteiger partial charge >= 0.3 is 0 Å². The Morgan fingerprint density at radius 2 is 2.20 bits per heavy atom. The summed E-state index contributed by atoms with van der Waals surface area (Å²) in [6.45, 7) is 2.12. The number of phenolic OH excluding ortho intramolecular Hbond substituents is 1. The number of aromatic hydroxyl groups is 1. The summed E-state index contributed by atoms with van der Waals surface area (Å²) in [6.07, 6.45) is 3.89. The van der Waals surface area contributed by atoms with Crippen molar-refractivity contribution in [1.29, 1.82) is 0 Å². The zero-order valence-electron chi connectivity index (χ0n) is 11.3. The summed E-state index contributed by atoms with van der Waals surface area (Å²) >= 11 is 0. The molecule has 0 unspecified atom stereocenters. The molecule has 1 aromatic carbocycles. The van der Waals surface area contributed by atoms with Crippen LogP contribution in [0.15, 0.2) is 12.1 Å². The van der Waals surface area contributed by atoms with Crippen LogP contribution in [0, 0.1) is 5.82 Å². The van der Waals surface area contributed by atoms with Crippen LogP contribution >= 0.6 is 0 Å². The van der Waals surface area contributed by atoms with E-state index in [1.807, 2.05) is 0 Å². The number of aromatic nitrogens is 2. The molecule has 5 heteroatoms. The van der Waals surface area contributed by atoms with E-state index < -0.39 is 0 Å². The number of fused-ring (bicyclic) bond motifs is 4. The molecule has 1 aliphatic heterocycles. The maximum absolute atomic E-state index is 14.1. The first kappa shape index (κ1) is 11.8. The van der Waals surface area contributed by atoms with Gasteiger partial charge < -0.3 is 10.4 Å². The molecule has 3 N–H and O–H groups in total. The van der Waals surface area contributed by atoms with Gasteiger partial charge in [0.1, 0.15) is 17.3 Å². The molecule has 1 saturated carbocycles. The Morgan fingerprint density at radius 1 is 1.40 bits per heavy atom. The Balaban J connectivity index is 2.00. The SMILES string of the molecule is CCCc1[nH]nc2c1C1(CC1)Nc1c(F)ccc(O)c1-2. The Bertz CT molecular complexity index is 703. The van der Waals surface area contributed by atoms with Crippen LogP contribution in [0.5, 0.6) is 5.75 Å². The highest BCUT2D eigenvalue weighted by Gasteiger charge is 2.52. The van der Waals surface area contributed by atoms with Gasteiger partial charge in [-0.05, 0) is 31.4 Å². The molecule has 0 radical (unpaired) electrons. The predicted molar refractivity (Wildman–Crippen MR) is 74.2 cm³/mol. The average molecular weight is 273 g/mol. The number of nitrogens with zero attached hydrogens (tertiary/aromatic N) is 1. The third-order valence-corrected chi connectivity index (χ3v) is 4.30. The molecule has 1 spiro atoms. The molecule has 4 rings (SSSR count). The highest BCUT2D eigenvalue weighted by Crippen LogP contribution is 2.58. The van der Waals surface area contributed by atoms with E-state index in [0.717, 1.165) is 36.9 Å². The van der Waals surface area contributed by atoms with Crippen LogP contribution < -0.4 is 5.32 Å². The summed E-state index contributed by atoms with van der Waals surface area (Å²) in [5.74, 6) is -0.269. The zero-order valence-corrected chi connectivity index (χ0v) is 11.3. The van der Waals surface area contributed by atoms with Crippen LogP contribution in [0.25, 0.3) is 11.3 Å². The lowest BCUT2D eigenvalue weighted by atomic mass is 9.90. The second-order valence-corrected chi connectivity index (χ2v) is 5.70. The number of aryl methyl sites for hydroxylation is 1. The second kappa shape index (κ2) is 3.75. The topological polar surface area (TPSA) is 60.9 Å². The number of H-pyrrole nitrogens is 1. The smallest absolute Gasteiger partial charge is 0.147 e. The minimum absolute atomic E-state index is 0.0696. The van der Waals surface area contributed by atoms with Crippen molar-refractivity contribution in [3.05, 3.63) is 29.2 Å². The molecule has 104 valence electrons. The molecule has 0 atom stereocenters. The number of rotatable bonds is 2. The monoisotopic (exact) mass is 273 g/mol. The summed E-state index contributed by atoms with van der Waals surface area (Å²) in [4.78, 5) is 0. The van der Waals surface area contributed by atoms with E-state index in [1.165, 1.54) is 12.1 Å². The Morgan fingerprint density at radius 3 is 2.90 bits per heavy atom. The standard InChI is InChI=1S/C15H16FN3O/c1-2-3-9-12-14(19-18-9)11-10(20)5-4-8(16)13(11)17-15(12)6-7-15/h4-5,17,20H,2-3,6-7H2,1H3,(H,18,19). The zero-order chi connectivity index (χ0) is 13.9. The van der Waals surface area contributed by atoms with Gasteiger partial charge in [0, 0.05) is 11.3 Å². The summed E-state index contributed by atoms with van der Waals surface area (Å²) < 4.78 is 14.1. The van der Waals surface area contributed by atoms with E-state index in [9.17, 15) is 9.50 Å². The van der Waals surface area contributed by atoms with Crippen LogP contribution in [0.2, 0.25) is 0 Å². The minimum atomic E-state index is -0.338. The van der Waals surface area contributed by atoms with Crippen LogP contribution in [-0.4, -0.2) is 15.3 Å². The molecular formula is C15H16FN3O. The van der Waals surface area contributed by atoms with E-state index in [1.54, 1.807) is 0 Å². The number of phenols is 1. The maximum atomic E-state index is 14.1. The van der Waals surface area contributed by atoms with Gasteiger partial charge in [0.05, 0.1) is 16.8 Å². The van der Waals surface area contributed by atoms with Gasteiger partial charge in [0.15, 0.2) is 0 Å². The molecular weight excluding hydrogens is 257 g/mol. The third kappa shape index (κ3) is 1.38. The van der Waals surface area contributed by atoms with E-state index in [4.69, 9.17) is 0 Å². The fourth-order valence-electron chi connectivity index (χ4n) is 3.24. The lowest BCUT2D eigenvalue weighted by Gasteiger charge is -2.28. The van der Waals surface area contributed by atoms with Gasteiger partial charge in [-0.3, -0.25) is 5.10 Å². The van der Waals surface area contributed by atoms with Crippen LogP contribution in [0.3, 0.4) is 0 Å². The van der Waals surface area contributed by atoms with Crippen molar-refractivity contribution in [2.75, 3.05) is 5.32 Å². The highest BCUT2D eigenvalue weighted by molar-refractivity contribution is 5.88. The molecule has 2 heterocycles. The van der Waals surface area contributed by atoms with E-state index in [2.05, 4.69) is 22.4 Å². The van der Waals surface area contributed by atoms with Gasteiger partial charge in [0.2, 0.25) is 0 Å². The summed E-state index contributed by atoms with van der Waals surface area (Å²) in [5.41, 5.74) is 3.60. The first-order valence-electron chi connectivity index (χ1n) is 7.04. The largest absolute Gasteiger partial charge is 0.507 e. The molecule has 1 aliphatic carbocycles. The van der Waals surface area contributed by atoms with Gasteiger partial charge in [-0.2, -0.15) is 5.10 Å². The van der Waals surface area contributed by atoms with Gasteiger partial charge in [-0.25, -0.2) is 4.39 Å². The first-order chi connectivity index (χ1) is 9.66. The number of anilines is 1. The van der Waals surface area contributed by atoms with E-state index >= 15 is 0 Å². The normalized spacial score (nSPS) is 17.5. The molecule has 0 saturated heterocycles. The first-order valence-corrected chi connectivity index (χ1v) is 7.04. The Hall–Kier alpha value is -2.04. The number of hydrogen-bond acceptors (Lipinski definition) is 3. The van der Waals surface area contributed by atoms with Crippen molar-refractivity contribution in [3.8, 4) is 17.0 Å². The number of aromatic amines is 1. The van der Waals surface area contributed by atoms with E-state index in [0.29, 0.717) is 16.9 Å². The fraction of sp³-hybridized carbons (Fsp3) is 0.400. The molecule has 2 aromatic rings. The van der Waals surface area contributed by atoms with Crippen LogP contribution in [0.1, 0.15) is 37.4 Å². The quantitative estimate of drug-likeness (QED) is 0.787. The molecule has 0 bridgehead atoms. The highest BCUT2D eigenvalue weighted by atomic mass is 19.1.